The molecule has 2 aromatic carbocycles. The van der Waals surface area contributed by atoms with Gasteiger partial charge in [0.2, 0.25) is 5.91 Å². The highest BCUT2D eigenvalue weighted by Gasteiger charge is 2.17. The molecular weight excluding hydrogens is 354 g/mol. The number of hydrogen-bond donors (Lipinski definition) is 0. The molecule has 1 aromatic heterocycles. The second-order valence-electron chi connectivity index (χ2n) is 6.76. The van der Waals surface area contributed by atoms with Crippen molar-refractivity contribution >= 4 is 16.9 Å². The number of fused-ring (bicyclic) bond motifs is 1. The molecule has 28 heavy (non-hydrogen) atoms. The van der Waals surface area contributed by atoms with Crippen molar-refractivity contribution in [1.82, 2.24) is 4.90 Å². The molecule has 3 rings (SSSR count). The predicted molar refractivity (Wildman–Crippen MR) is 110 cm³/mol. The Balaban J connectivity index is 1.63. The number of ether oxygens (including phenoxy) is 2. The average Bonchev–Trinajstić information content (AvgIpc) is 3.13. The topological polar surface area (TPSA) is 51.9 Å². The number of nitrogens with zero attached hydrogens (tertiary/aromatic N) is 1. The molecule has 0 saturated heterocycles. The molecule has 0 bridgehead atoms. The number of amides is 1. The molecule has 0 aliphatic heterocycles. The summed E-state index contributed by atoms with van der Waals surface area (Å²) < 4.78 is 16.0. The van der Waals surface area contributed by atoms with E-state index in [9.17, 15) is 4.79 Å². The van der Waals surface area contributed by atoms with Crippen molar-refractivity contribution in [2.24, 2.45) is 0 Å². The fraction of sp³-hybridized carbons (Fsp3) is 0.348. The molecule has 0 spiro atoms. The van der Waals surface area contributed by atoms with Gasteiger partial charge in [0.1, 0.15) is 11.3 Å². The molecule has 5 heteroatoms. The van der Waals surface area contributed by atoms with Crippen LogP contribution in [-0.2, 0) is 22.4 Å². The summed E-state index contributed by atoms with van der Waals surface area (Å²) in [5.41, 5.74) is 2.92. The number of carbonyl (C=O) groups is 1. The SMILES string of the molecule is COCCN(CCCc1ccccc1)C(=O)Cc1coc2cc(OC)ccc12. The van der Waals surface area contributed by atoms with Gasteiger partial charge >= 0.3 is 0 Å². The molecule has 1 amide bonds. The molecule has 0 saturated carbocycles. The van der Waals surface area contributed by atoms with Gasteiger partial charge in [-0.3, -0.25) is 4.79 Å². The van der Waals surface area contributed by atoms with Gasteiger partial charge in [0, 0.05) is 37.2 Å². The van der Waals surface area contributed by atoms with Crippen molar-refractivity contribution in [2.45, 2.75) is 19.3 Å². The molecule has 0 fully saturated rings. The zero-order chi connectivity index (χ0) is 19.8. The summed E-state index contributed by atoms with van der Waals surface area (Å²) in [6, 6.07) is 16.0. The molecule has 3 aromatic rings. The standard InChI is InChI=1S/C23H27NO4/c1-26-14-13-24(12-6-9-18-7-4-3-5-8-18)23(25)15-19-17-28-22-16-20(27-2)10-11-21(19)22/h3-5,7-8,10-11,16-17H,6,9,12-15H2,1-2H3. The molecule has 0 N–H and O–H groups in total. The van der Waals surface area contributed by atoms with Gasteiger partial charge in [0.25, 0.3) is 0 Å². The van der Waals surface area contributed by atoms with Crippen LogP contribution in [0.15, 0.2) is 59.2 Å². The van der Waals surface area contributed by atoms with Gasteiger partial charge in [-0.05, 0) is 30.5 Å². The normalized spacial score (nSPS) is 10.9. The smallest absolute Gasteiger partial charge is 0.227 e. The van der Waals surface area contributed by atoms with E-state index in [1.807, 2.05) is 41.3 Å². The first-order valence-electron chi connectivity index (χ1n) is 9.56. The first-order chi connectivity index (χ1) is 13.7. The Morgan fingerprint density at radius 2 is 1.89 bits per heavy atom. The zero-order valence-corrected chi connectivity index (χ0v) is 16.5. The van der Waals surface area contributed by atoms with Crippen LogP contribution < -0.4 is 4.74 Å². The van der Waals surface area contributed by atoms with Crippen LogP contribution in [-0.4, -0.2) is 44.7 Å². The van der Waals surface area contributed by atoms with E-state index in [1.165, 1.54) is 5.56 Å². The van der Waals surface area contributed by atoms with E-state index < -0.39 is 0 Å². The number of methoxy groups -OCH3 is 2. The Kier molecular flexibility index (Phi) is 7.09. The molecular formula is C23H27NO4. The maximum atomic E-state index is 12.9. The van der Waals surface area contributed by atoms with Gasteiger partial charge in [-0.15, -0.1) is 0 Å². The summed E-state index contributed by atoms with van der Waals surface area (Å²) >= 11 is 0. The van der Waals surface area contributed by atoms with E-state index >= 15 is 0 Å². The fourth-order valence-corrected chi connectivity index (χ4v) is 3.28. The van der Waals surface area contributed by atoms with Gasteiger partial charge in [-0.1, -0.05) is 30.3 Å². The number of aryl methyl sites for hydroxylation is 1. The van der Waals surface area contributed by atoms with E-state index in [1.54, 1.807) is 20.5 Å². The molecule has 5 nitrogen and oxygen atoms in total. The summed E-state index contributed by atoms with van der Waals surface area (Å²) in [6.07, 6.45) is 3.85. The highest BCUT2D eigenvalue weighted by atomic mass is 16.5. The van der Waals surface area contributed by atoms with Crippen LogP contribution in [0.5, 0.6) is 5.75 Å². The maximum Gasteiger partial charge on any atom is 0.227 e. The fourth-order valence-electron chi connectivity index (χ4n) is 3.28. The highest BCUT2D eigenvalue weighted by Crippen LogP contribution is 2.26. The third-order valence-corrected chi connectivity index (χ3v) is 4.86. The first kappa shape index (κ1) is 20.0. The number of rotatable bonds is 10. The molecule has 148 valence electrons. The first-order valence-corrected chi connectivity index (χ1v) is 9.56. The largest absolute Gasteiger partial charge is 0.497 e. The number of furan rings is 1. The second-order valence-corrected chi connectivity index (χ2v) is 6.76. The summed E-state index contributed by atoms with van der Waals surface area (Å²) in [5, 5.41) is 0.949. The van der Waals surface area contributed by atoms with Crippen molar-refractivity contribution in [2.75, 3.05) is 33.9 Å². The Morgan fingerprint density at radius 1 is 1.07 bits per heavy atom. The Hall–Kier alpha value is -2.79. The lowest BCUT2D eigenvalue weighted by atomic mass is 10.1. The molecule has 0 aliphatic carbocycles. The number of hydrogen-bond acceptors (Lipinski definition) is 4. The van der Waals surface area contributed by atoms with E-state index in [0.717, 1.165) is 35.1 Å². The summed E-state index contributed by atoms with van der Waals surface area (Å²) in [4.78, 5) is 14.8. The average molecular weight is 381 g/mol. The monoisotopic (exact) mass is 381 g/mol. The van der Waals surface area contributed by atoms with E-state index in [0.29, 0.717) is 26.1 Å². The molecule has 0 unspecified atom stereocenters. The third-order valence-electron chi connectivity index (χ3n) is 4.86. The van der Waals surface area contributed by atoms with Gasteiger partial charge in [-0.2, -0.15) is 0 Å². The van der Waals surface area contributed by atoms with Gasteiger partial charge in [0.15, 0.2) is 0 Å². The molecule has 0 aliphatic rings. The minimum atomic E-state index is 0.0867. The lowest BCUT2D eigenvalue weighted by Gasteiger charge is -2.22. The van der Waals surface area contributed by atoms with Crippen molar-refractivity contribution in [1.29, 1.82) is 0 Å². The minimum absolute atomic E-state index is 0.0867. The van der Waals surface area contributed by atoms with Gasteiger partial charge in [0.05, 0.1) is 26.4 Å². The highest BCUT2D eigenvalue weighted by molar-refractivity contribution is 5.88. The Bertz CT molecular complexity index is 888. The van der Waals surface area contributed by atoms with Gasteiger partial charge < -0.3 is 18.8 Å². The molecule has 0 radical (unpaired) electrons. The van der Waals surface area contributed by atoms with E-state index in [-0.39, 0.29) is 5.91 Å². The quantitative estimate of drug-likeness (QED) is 0.531. The second kappa shape index (κ2) is 9.95. The van der Waals surface area contributed by atoms with Crippen molar-refractivity contribution in [3.63, 3.8) is 0 Å². The van der Waals surface area contributed by atoms with Crippen LogP contribution in [0.3, 0.4) is 0 Å². The lowest BCUT2D eigenvalue weighted by molar-refractivity contribution is -0.131. The summed E-state index contributed by atoms with van der Waals surface area (Å²) in [6.45, 7) is 1.83. The van der Waals surface area contributed by atoms with Gasteiger partial charge in [-0.25, -0.2) is 0 Å². The predicted octanol–water partition coefficient (Wildman–Crippen LogP) is 4.09. The maximum absolute atomic E-state index is 12.9. The Labute approximate surface area is 165 Å². The third kappa shape index (κ3) is 5.14. The van der Waals surface area contributed by atoms with Crippen molar-refractivity contribution < 1.29 is 18.7 Å². The van der Waals surface area contributed by atoms with Crippen LogP contribution in [0.2, 0.25) is 0 Å². The summed E-state index contributed by atoms with van der Waals surface area (Å²) in [7, 11) is 3.28. The molecule has 0 atom stereocenters. The van der Waals surface area contributed by atoms with Crippen LogP contribution in [0.25, 0.3) is 11.0 Å². The summed E-state index contributed by atoms with van der Waals surface area (Å²) in [5.74, 6) is 0.825. The lowest BCUT2D eigenvalue weighted by Crippen LogP contribution is -2.36. The van der Waals surface area contributed by atoms with Crippen molar-refractivity contribution in [3.8, 4) is 5.75 Å². The van der Waals surface area contributed by atoms with Crippen LogP contribution in [0.4, 0.5) is 0 Å². The molecule has 1 heterocycles. The van der Waals surface area contributed by atoms with E-state index in [4.69, 9.17) is 13.9 Å². The Morgan fingerprint density at radius 3 is 2.64 bits per heavy atom. The van der Waals surface area contributed by atoms with E-state index in [2.05, 4.69) is 12.1 Å². The van der Waals surface area contributed by atoms with Crippen LogP contribution >= 0.6 is 0 Å². The minimum Gasteiger partial charge on any atom is -0.497 e. The zero-order valence-electron chi connectivity index (χ0n) is 16.5. The number of benzene rings is 2. The van der Waals surface area contributed by atoms with Crippen LogP contribution in [0.1, 0.15) is 17.5 Å². The van der Waals surface area contributed by atoms with Crippen molar-refractivity contribution in [3.05, 3.63) is 65.9 Å². The number of carbonyl (C=O) groups excluding carboxylic acids is 1. The van der Waals surface area contributed by atoms with Crippen LogP contribution in [0, 0.1) is 0 Å².